The van der Waals surface area contributed by atoms with Gasteiger partial charge in [0.15, 0.2) is 0 Å². The average molecular weight is 266 g/mol. The lowest BCUT2D eigenvalue weighted by atomic mass is 10.2. The van der Waals surface area contributed by atoms with Crippen LogP contribution in [-0.4, -0.2) is 24.5 Å². The van der Waals surface area contributed by atoms with Gasteiger partial charge in [-0.15, -0.1) is 0 Å². The second-order valence-electron chi connectivity index (χ2n) is 5.41. The predicted molar refractivity (Wildman–Crippen MR) is 81.3 cm³/mol. The van der Waals surface area contributed by atoms with Crippen LogP contribution in [0.3, 0.4) is 0 Å². The van der Waals surface area contributed by atoms with E-state index in [2.05, 4.69) is 44.0 Å². The van der Waals surface area contributed by atoms with Gasteiger partial charge in [0.25, 0.3) is 0 Å². The molecule has 1 aromatic rings. The first kappa shape index (κ1) is 16.3. The summed E-state index contributed by atoms with van der Waals surface area (Å²) in [4.78, 5) is 2.53. The maximum atomic E-state index is 5.89. The predicted octanol–water partition coefficient (Wildman–Crippen LogP) is 3.71. The summed E-state index contributed by atoms with van der Waals surface area (Å²) in [7, 11) is 1.97. The molecule has 1 unspecified atom stereocenters. The lowest BCUT2D eigenvalue weighted by Gasteiger charge is -2.27. The summed E-state index contributed by atoms with van der Waals surface area (Å²) in [5, 5.41) is 3.19. The molecule has 0 aliphatic carbocycles. The van der Waals surface area contributed by atoms with Gasteiger partial charge < -0.3 is 9.73 Å². The normalized spacial score (nSPS) is 13.2. The van der Waals surface area contributed by atoms with Crippen molar-refractivity contribution >= 4 is 0 Å². The van der Waals surface area contributed by atoms with Crippen molar-refractivity contribution in [2.24, 2.45) is 0 Å². The third kappa shape index (κ3) is 5.00. The summed E-state index contributed by atoms with van der Waals surface area (Å²) in [5.74, 6) is 2.14. The molecule has 1 N–H and O–H groups in total. The van der Waals surface area contributed by atoms with Gasteiger partial charge in [0.1, 0.15) is 11.5 Å². The molecule has 3 nitrogen and oxygen atoms in total. The number of nitrogens with zero attached hydrogens (tertiary/aromatic N) is 1. The van der Waals surface area contributed by atoms with Crippen molar-refractivity contribution in [2.45, 2.75) is 66.1 Å². The molecule has 0 spiro atoms. The summed E-state index contributed by atoms with van der Waals surface area (Å²) >= 11 is 0. The van der Waals surface area contributed by atoms with E-state index < -0.39 is 0 Å². The molecule has 0 amide bonds. The van der Waals surface area contributed by atoms with E-state index in [0.29, 0.717) is 6.04 Å². The zero-order valence-electron chi connectivity index (χ0n) is 13.3. The molecule has 0 saturated carbocycles. The van der Waals surface area contributed by atoms with E-state index in [9.17, 15) is 0 Å². The summed E-state index contributed by atoms with van der Waals surface area (Å²) in [5.41, 5.74) is 1.28. The number of aryl methyl sites for hydroxylation is 1. The van der Waals surface area contributed by atoms with Gasteiger partial charge in [-0.05, 0) is 46.3 Å². The fourth-order valence-corrected chi connectivity index (χ4v) is 2.31. The van der Waals surface area contributed by atoms with Crippen LogP contribution in [0.5, 0.6) is 0 Å². The topological polar surface area (TPSA) is 28.4 Å². The molecule has 110 valence electrons. The van der Waals surface area contributed by atoms with E-state index in [1.807, 2.05) is 7.05 Å². The second kappa shape index (κ2) is 8.39. The minimum absolute atomic E-state index is 0.615. The van der Waals surface area contributed by atoms with Gasteiger partial charge in [-0.3, -0.25) is 4.90 Å². The van der Waals surface area contributed by atoms with E-state index in [4.69, 9.17) is 4.42 Å². The molecule has 1 rings (SSSR count). The first-order valence-corrected chi connectivity index (χ1v) is 7.59. The fourth-order valence-electron chi connectivity index (χ4n) is 2.31. The average Bonchev–Trinajstić information content (AvgIpc) is 2.74. The van der Waals surface area contributed by atoms with Gasteiger partial charge in [0, 0.05) is 18.2 Å². The largest absolute Gasteiger partial charge is 0.465 e. The van der Waals surface area contributed by atoms with Gasteiger partial charge in [-0.25, -0.2) is 0 Å². The molecule has 1 heterocycles. The molecule has 0 aromatic carbocycles. The Morgan fingerprint density at radius 1 is 1.37 bits per heavy atom. The first-order valence-electron chi connectivity index (χ1n) is 7.59. The molecule has 0 radical (unpaired) electrons. The van der Waals surface area contributed by atoms with Crippen LogP contribution >= 0.6 is 0 Å². The molecule has 1 aromatic heterocycles. The molecule has 0 bridgehead atoms. The third-order valence-electron chi connectivity index (χ3n) is 3.81. The number of rotatable bonds is 9. The van der Waals surface area contributed by atoms with Gasteiger partial charge in [-0.1, -0.05) is 20.3 Å². The molecular weight excluding hydrogens is 236 g/mol. The van der Waals surface area contributed by atoms with E-state index in [1.54, 1.807) is 0 Å². The number of unbranched alkanes of at least 4 members (excludes halogenated alkanes) is 1. The van der Waals surface area contributed by atoms with Gasteiger partial charge >= 0.3 is 0 Å². The Bertz CT molecular complexity index is 360. The Balaban J connectivity index is 2.69. The van der Waals surface area contributed by atoms with Gasteiger partial charge in [0.2, 0.25) is 0 Å². The lowest BCUT2D eigenvalue weighted by Crippen LogP contribution is -2.32. The number of nitrogens with one attached hydrogen (secondary N) is 1. The van der Waals surface area contributed by atoms with Gasteiger partial charge in [-0.2, -0.15) is 0 Å². The van der Waals surface area contributed by atoms with E-state index in [0.717, 1.165) is 31.2 Å². The number of hydrogen-bond acceptors (Lipinski definition) is 3. The quantitative estimate of drug-likeness (QED) is 0.738. The highest BCUT2D eigenvalue weighted by molar-refractivity contribution is 5.20. The van der Waals surface area contributed by atoms with Crippen LogP contribution in [0.2, 0.25) is 0 Å². The number of furan rings is 1. The lowest BCUT2D eigenvalue weighted by molar-refractivity contribution is 0.177. The third-order valence-corrected chi connectivity index (χ3v) is 3.81. The molecule has 19 heavy (non-hydrogen) atoms. The minimum Gasteiger partial charge on any atom is -0.465 e. The Morgan fingerprint density at radius 2 is 2.11 bits per heavy atom. The summed E-state index contributed by atoms with van der Waals surface area (Å²) in [6, 6.07) is 2.82. The Kier molecular flexibility index (Phi) is 7.17. The fraction of sp³-hybridized carbons (Fsp3) is 0.750. The van der Waals surface area contributed by atoms with Crippen LogP contribution in [0.25, 0.3) is 0 Å². The van der Waals surface area contributed by atoms with E-state index >= 15 is 0 Å². The molecule has 0 aliphatic heterocycles. The zero-order valence-corrected chi connectivity index (χ0v) is 13.3. The molecule has 1 atom stereocenters. The standard InChI is InChI=1S/C16H30N2O/c1-6-8-9-18(13(3)7-2)12-16-10-15(11-17-5)14(4)19-16/h10,13,17H,6-9,11-12H2,1-5H3. The van der Waals surface area contributed by atoms with Crippen LogP contribution in [0.1, 0.15) is 57.1 Å². The Hall–Kier alpha value is -0.800. The summed E-state index contributed by atoms with van der Waals surface area (Å²) in [6.07, 6.45) is 3.69. The van der Waals surface area contributed by atoms with E-state index in [-0.39, 0.29) is 0 Å². The van der Waals surface area contributed by atoms with E-state index in [1.165, 1.54) is 24.8 Å². The van der Waals surface area contributed by atoms with Crippen LogP contribution in [-0.2, 0) is 13.1 Å². The van der Waals surface area contributed by atoms with Crippen LogP contribution in [0, 0.1) is 6.92 Å². The van der Waals surface area contributed by atoms with Crippen molar-refractivity contribution in [2.75, 3.05) is 13.6 Å². The smallest absolute Gasteiger partial charge is 0.118 e. The Morgan fingerprint density at radius 3 is 2.68 bits per heavy atom. The highest BCUT2D eigenvalue weighted by Crippen LogP contribution is 2.18. The van der Waals surface area contributed by atoms with Crippen LogP contribution in [0.15, 0.2) is 10.5 Å². The molecule has 0 aliphatic rings. The molecule has 0 fully saturated rings. The Labute approximate surface area is 118 Å². The van der Waals surface area contributed by atoms with Crippen molar-refractivity contribution in [1.82, 2.24) is 10.2 Å². The van der Waals surface area contributed by atoms with Crippen LogP contribution < -0.4 is 5.32 Å². The maximum absolute atomic E-state index is 5.89. The highest BCUT2D eigenvalue weighted by Gasteiger charge is 2.15. The SMILES string of the molecule is CCCCN(Cc1cc(CNC)c(C)o1)C(C)CC. The molecule has 0 saturated heterocycles. The van der Waals surface area contributed by atoms with Crippen molar-refractivity contribution in [3.05, 3.63) is 23.2 Å². The van der Waals surface area contributed by atoms with Crippen molar-refractivity contribution in [3.63, 3.8) is 0 Å². The van der Waals surface area contributed by atoms with Crippen LogP contribution in [0.4, 0.5) is 0 Å². The summed E-state index contributed by atoms with van der Waals surface area (Å²) < 4.78 is 5.89. The van der Waals surface area contributed by atoms with Crippen molar-refractivity contribution in [3.8, 4) is 0 Å². The van der Waals surface area contributed by atoms with Crippen molar-refractivity contribution < 1.29 is 4.42 Å². The number of hydrogen-bond donors (Lipinski definition) is 1. The van der Waals surface area contributed by atoms with Crippen molar-refractivity contribution in [1.29, 1.82) is 0 Å². The first-order chi connectivity index (χ1) is 9.12. The summed E-state index contributed by atoms with van der Waals surface area (Å²) in [6.45, 7) is 11.8. The maximum Gasteiger partial charge on any atom is 0.118 e. The minimum atomic E-state index is 0.615. The molecule has 3 heteroatoms. The van der Waals surface area contributed by atoms with Gasteiger partial charge in [0.05, 0.1) is 6.54 Å². The monoisotopic (exact) mass is 266 g/mol. The zero-order chi connectivity index (χ0) is 14.3. The molecular formula is C16H30N2O. The highest BCUT2D eigenvalue weighted by atomic mass is 16.3. The second-order valence-corrected chi connectivity index (χ2v) is 5.41.